The minimum absolute atomic E-state index is 0.0603. The van der Waals surface area contributed by atoms with Crippen LogP contribution in [0.5, 0.6) is 0 Å². The van der Waals surface area contributed by atoms with Gasteiger partial charge in [-0.05, 0) is 13.3 Å². The summed E-state index contributed by atoms with van der Waals surface area (Å²) in [5.41, 5.74) is 0. The lowest BCUT2D eigenvalue weighted by Crippen LogP contribution is -2.05. The number of hydrogen-bond acceptors (Lipinski definition) is 2. The van der Waals surface area contributed by atoms with Crippen LogP contribution in [-0.4, -0.2) is 4.08 Å². The third kappa shape index (κ3) is 8.70. The average Bonchev–Trinajstić information content (AvgIpc) is 1.63. The van der Waals surface area contributed by atoms with Gasteiger partial charge in [-0.3, -0.25) is 0 Å². The van der Waals surface area contributed by atoms with Crippen molar-refractivity contribution in [2.75, 3.05) is 0 Å². The summed E-state index contributed by atoms with van der Waals surface area (Å²) < 4.78 is -0.0603. The monoisotopic (exact) mass is 164 g/mol. The van der Waals surface area contributed by atoms with E-state index in [1.807, 2.05) is 6.92 Å². The van der Waals surface area contributed by atoms with Crippen LogP contribution in [0.15, 0.2) is 0 Å². The number of hydrogen-bond donors (Lipinski definition) is 2. The van der Waals surface area contributed by atoms with Gasteiger partial charge in [0, 0.05) is 0 Å². The van der Waals surface area contributed by atoms with Crippen LogP contribution in [0.25, 0.3) is 0 Å². The van der Waals surface area contributed by atoms with Crippen LogP contribution >= 0.6 is 25.3 Å². The van der Waals surface area contributed by atoms with Crippen LogP contribution in [0.2, 0.25) is 0 Å². The Morgan fingerprint density at radius 2 is 1.78 bits per heavy atom. The number of unbranched alkanes of at least 4 members (excludes halogenated alkanes) is 2. The van der Waals surface area contributed by atoms with Gasteiger partial charge >= 0.3 is 0 Å². The Labute approximate surface area is 69.2 Å². The molecule has 0 saturated heterocycles. The van der Waals surface area contributed by atoms with Gasteiger partial charge in [0.25, 0.3) is 0 Å². The van der Waals surface area contributed by atoms with Crippen LogP contribution in [0.4, 0.5) is 0 Å². The number of rotatable bonds is 4. The summed E-state index contributed by atoms with van der Waals surface area (Å²) in [7, 11) is 0. The summed E-state index contributed by atoms with van der Waals surface area (Å²) in [4.78, 5) is 0. The second kappa shape index (κ2) is 4.51. The zero-order valence-corrected chi connectivity index (χ0v) is 8.01. The molecule has 0 spiro atoms. The molecule has 0 aromatic heterocycles. The standard InChI is InChI=1S/C7H16S2/c1-3-4-5-6-7(2,8)9/h8-9H,3-6H2,1-2H3. The summed E-state index contributed by atoms with van der Waals surface area (Å²) in [6.45, 7) is 4.24. The Morgan fingerprint density at radius 1 is 1.22 bits per heavy atom. The van der Waals surface area contributed by atoms with Crippen molar-refractivity contribution in [1.29, 1.82) is 0 Å². The smallest absolute Gasteiger partial charge is 0.0523 e. The molecule has 9 heavy (non-hydrogen) atoms. The van der Waals surface area contributed by atoms with E-state index < -0.39 is 0 Å². The van der Waals surface area contributed by atoms with E-state index in [0.29, 0.717) is 0 Å². The topological polar surface area (TPSA) is 0 Å². The molecule has 0 aromatic carbocycles. The second-order valence-corrected chi connectivity index (χ2v) is 5.00. The molecule has 0 fully saturated rings. The van der Waals surface area contributed by atoms with Gasteiger partial charge in [-0.2, -0.15) is 25.3 Å². The van der Waals surface area contributed by atoms with Crippen LogP contribution in [-0.2, 0) is 0 Å². The molecule has 0 amide bonds. The molecule has 56 valence electrons. The lowest BCUT2D eigenvalue weighted by molar-refractivity contribution is 0.648. The van der Waals surface area contributed by atoms with E-state index in [4.69, 9.17) is 0 Å². The van der Waals surface area contributed by atoms with E-state index in [2.05, 4.69) is 32.2 Å². The van der Waals surface area contributed by atoms with E-state index in [1.165, 1.54) is 19.3 Å². The van der Waals surface area contributed by atoms with Crippen molar-refractivity contribution in [3.05, 3.63) is 0 Å². The van der Waals surface area contributed by atoms with Gasteiger partial charge in [-0.1, -0.05) is 26.2 Å². The minimum atomic E-state index is -0.0603. The van der Waals surface area contributed by atoms with Crippen molar-refractivity contribution in [3.63, 3.8) is 0 Å². The Hall–Kier alpha value is 0.700. The predicted octanol–water partition coefficient (Wildman–Crippen LogP) is 3.14. The third-order valence-electron chi connectivity index (χ3n) is 1.25. The molecular weight excluding hydrogens is 148 g/mol. The zero-order valence-electron chi connectivity index (χ0n) is 6.22. The molecule has 0 N–H and O–H groups in total. The maximum absolute atomic E-state index is 4.29. The van der Waals surface area contributed by atoms with E-state index in [0.717, 1.165) is 6.42 Å². The summed E-state index contributed by atoms with van der Waals surface area (Å²) >= 11 is 8.58. The quantitative estimate of drug-likeness (QED) is 0.356. The maximum atomic E-state index is 4.29. The molecular formula is C7H16S2. The first-order valence-electron chi connectivity index (χ1n) is 3.51. The fraction of sp³-hybridized carbons (Fsp3) is 1.00. The number of thiol groups is 2. The van der Waals surface area contributed by atoms with Gasteiger partial charge in [-0.25, -0.2) is 0 Å². The first kappa shape index (κ1) is 9.70. The van der Waals surface area contributed by atoms with Crippen molar-refractivity contribution in [1.82, 2.24) is 0 Å². The Balaban J connectivity index is 3.07. The summed E-state index contributed by atoms with van der Waals surface area (Å²) in [5.74, 6) is 0. The lowest BCUT2D eigenvalue weighted by atomic mass is 10.2. The van der Waals surface area contributed by atoms with Crippen molar-refractivity contribution in [2.45, 2.75) is 43.6 Å². The molecule has 0 aliphatic heterocycles. The highest BCUT2D eigenvalue weighted by Crippen LogP contribution is 2.25. The first-order valence-corrected chi connectivity index (χ1v) is 4.40. The Kier molecular flexibility index (Phi) is 4.86. The maximum Gasteiger partial charge on any atom is 0.0523 e. The zero-order chi connectivity index (χ0) is 7.33. The molecule has 0 nitrogen and oxygen atoms in total. The summed E-state index contributed by atoms with van der Waals surface area (Å²) in [5, 5.41) is 0. The van der Waals surface area contributed by atoms with Crippen molar-refractivity contribution in [2.24, 2.45) is 0 Å². The molecule has 0 aliphatic rings. The molecule has 0 rings (SSSR count). The lowest BCUT2D eigenvalue weighted by Gasteiger charge is -2.14. The molecule has 0 aliphatic carbocycles. The van der Waals surface area contributed by atoms with E-state index in [9.17, 15) is 0 Å². The largest absolute Gasteiger partial charge is 0.162 e. The molecule has 0 atom stereocenters. The van der Waals surface area contributed by atoms with Gasteiger partial charge in [0.15, 0.2) is 0 Å². The normalized spacial score (nSPS) is 12.0. The minimum Gasteiger partial charge on any atom is -0.162 e. The summed E-state index contributed by atoms with van der Waals surface area (Å²) in [6.07, 6.45) is 4.93. The van der Waals surface area contributed by atoms with Crippen LogP contribution in [0.1, 0.15) is 39.5 Å². The first-order chi connectivity index (χ1) is 4.06. The molecule has 2 heteroatoms. The SMILES string of the molecule is CCCCCC(C)(S)S. The highest BCUT2D eigenvalue weighted by molar-refractivity contribution is 8.00. The Bertz CT molecular complexity index is 63.8. The van der Waals surface area contributed by atoms with Crippen molar-refractivity contribution < 1.29 is 0 Å². The predicted molar refractivity (Wildman–Crippen MR) is 50.5 cm³/mol. The second-order valence-electron chi connectivity index (χ2n) is 2.67. The van der Waals surface area contributed by atoms with Crippen molar-refractivity contribution >= 4 is 25.3 Å². The highest BCUT2D eigenvalue weighted by atomic mass is 32.2. The van der Waals surface area contributed by atoms with Crippen LogP contribution in [0, 0.1) is 0 Å². The molecule has 0 radical (unpaired) electrons. The van der Waals surface area contributed by atoms with Crippen LogP contribution in [0.3, 0.4) is 0 Å². The van der Waals surface area contributed by atoms with Crippen molar-refractivity contribution in [3.8, 4) is 0 Å². The molecule has 0 aromatic rings. The van der Waals surface area contributed by atoms with Gasteiger partial charge in [0.2, 0.25) is 0 Å². The summed E-state index contributed by atoms with van der Waals surface area (Å²) in [6, 6.07) is 0. The Morgan fingerprint density at radius 3 is 2.11 bits per heavy atom. The molecule has 0 unspecified atom stereocenters. The van der Waals surface area contributed by atoms with Gasteiger partial charge < -0.3 is 0 Å². The van der Waals surface area contributed by atoms with Gasteiger partial charge in [-0.15, -0.1) is 0 Å². The third-order valence-corrected chi connectivity index (χ3v) is 1.70. The molecule has 0 saturated carbocycles. The van der Waals surface area contributed by atoms with Crippen LogP contribution < -0.4 is 0 Å². The van der Waals surface area contributed by atoms with Gasteiger partial charge in [0.1, 0.15) is 0 Å². The fourth-order valence-corrected chi connectivity index (χ4v) is 1.03. The fourth-order valence-electron chi connectivity index (χ4n) is 0.710. The molecule has 0 heterocycles. The van der Waals surface area contributed by atoms with Gasteiger partial charge in [0.05, 0.1) is 4.08 Å². The van der Waals surface area contributed by atoms with E-state index >= 15 is 0 Å². The van der Waals surface area contributed by atoms with E-state index in [1.54, 1.807) is 0 Å². The average molecular weight is 164 g/mol. The highest BCUT2D eigenvalue weighted by Gasteiger charge is 2.10. The molecule has 0 bridgehead atoms. The van der Waals surface area contributed by atoms with E-state index in [-0.39, 0.29) is 4.08 Å².